The minimum Gasteiger partial charge on any atom is -0.508 e. The number of hydrogen-bond donors (Lipinski definition) is 2. The Labute approximate surface area is 252 Å². The van der Waals surface area contributed by atoms with Crippen LogP contribution >= 0.6 is 11.8 Å². The third-order valence-corrected chi connectivity index (χ3v) is 8.19. The van der Waals surface area contributed by atoms with Gasteiger partial charge in [-0.3, -0.25) is 4.90 Å². The van der Waals surface area contributed by atoms with Gasteiger partial charge in [-0.25, -0.2) is 13.2 Å². The largest absolute Gasteiger partial charge is 0.508 e. The summed E-state index contributed by atoms with van der Waals surface area (Å²) in [7, 11) is 6.35. The quantitative estimate of drug-likeness (QED) is 0.198. The van der Waals surface area contributed by atoms with Crippen LogP contribution < -0.4 is 29.3 Å². The maximum Gasteiger partial charge on any atom is 0.165 e. The van der Waals surface area contributed by atoms with Crippen molar-refractivity contribution in [3.05, 3.63) is 108 Å². The van der Waals surface area contributed by atoms with Gasteiger partial charge in [-0.1, -0.05) is 12.1 Å². The molecule has 1 unspecified atom stereocenters. The molecule has 224 valence electrons. The van der Waals surface area contributed by atoms with Crippen LogP contribution in [0.4, 0.5) is 24.5 Å². The van der Waals surface area contributed by atoms with Gasteiger partial charge in [0.25, 0.3) is 0 Å². The number of halogens is 3. The Hall–Kier alpha value is -4.64. The molecule has 0 saturated heterocycles. The van der Waals surface area contributed by atoms with E-state index in [4.69, 9.17) is 14.2 Å². The Morgan fingerprint density at radius 2 is 1.47 bits per heavy atom. The smallest absolute Gasteiger partial charge is 0.165 e. The van der Waals surface area contributed by atoms with Gasteiger partial charge in [0.05, 0.1) is 21.3 Å². The molecule has 5 rings (SSSR count). The molecular formula is C32H30F3N3O4S. The summed E-state index contributed by atoms with van der Waals surface area (Å²) in [6.45, 7) is 0. The number of phenolic OH excluding ortho intramolecular Hbond substituents is 1. The average Bonchev–Trinajstić information content (AvgIpc) is 3.44. The van der Waals surface area contributed by atoms with Crippen molar-refractivity contribution in [1.29, 1.82) is 0 Å². The van der Waals surface area contributed by atoms with Crippen LogP contribution in [-0.4, -0.2) is 39.0 Å². The second-order valence-corrected chi connectivity index (χ2v) is 10.7. The van der Waals surface area contributed by atoms with Crippen LogP contribution in [-0.2, 0) is 5.75 Å². The topological polar surface area (TPSA) is 66.4 Å². The minimum absolute atomic E-state index is 0.00120. The molecule has 0 radical (unpaired) electrons. The molecule has 0 spiro atoms. The normalized spacial score (nSPS) is 14.3. The number of anilines is 2. The summed E-state index contributed by atoms with van der Waals surface area (Å²) in [5, 5.41) is 12.8. The summed E-state index contributed by atoms with van der Waals surface area (Å²) in [6, 6.07) is 18.6. The molecule has 1 aliphatic rings. The highest BCUT2D eigenvalue weighted by Gasteiger charge is 2.32. The maximum atomic E-state index is 15.2. The lowest BCUT2D eigenvalue weighted by atomic mass is 10.0. The zero-order valence-corrected chi connectivity index (χ0v) is 24.7. The third kappa shape index (κ3) is 6.12. The Bertz CT molecular complexity index is 1630. The monoisotopic (exact) mass is 609 g/mol. The van der Waals surface area contributed by atoms with Crippen LogP contribution in [0.5, 0.6) is 23.0 Å². The lowest BCUT2D eigenvalue weighted by molar-refractivity contribution is 0.355. The van der Waals surface area contributed by atoms with Gasteiger partial charge in [0.1, 0.15) is 23.2 Å². The number of benzene rings is 4. The molecular weight excluding hydrogens is 579 g/mol. The molecule has 1 aliphatic heterocycles. The van der Waals surface area contributed by atoms with Crippen molar-refractivity contribution < 1.29 is 32.5 Å². The maximum absolute atomic E-state index is 15.2. The highest BCUT2D eigenvalue weighted by molar-refractivity contribution is 7.99. The lowest BCUT2D eigenvalue weighted by Crippen LogP contribution is -2.38. The predicted molar refractivity (Wildman–Crippen MR) is 163 cm³/mol. The molecule has 0 aliphatic carbocycles. The van der Waals surface area contributed by atoms with Crippen molar-refractivity contribution >= 4 is 23.1 Å². The first-order valence-electron chi connectivity index (χ1n) is 13.2. The molecule has 1 heterocycles. The van der Waals surface area contributed by atoms with E-state index in [0.717, 1.165) is 5.69 Å². The first kappa shape index (κ1) is 29.8. The van der Waals surface area contributed by atoms with E-state index in [2.05, 4.69) is 5.32 Å². The van der Waals surface area contributed by atoms with E-state index < -0.39 is 22.9 Å². The van der Waals surface area contributed by atoms with Gasteiger partial charge in [0.2, 0.25) is 0 Å². The Morgan fingerprint density at radius 1 is 0.791 bits per heavy atom. The van der Waals surface area contributed by atoms with Crippen molar-refractivity contribution in [3.8, 4) is 34.1 Å². The predicted octanol–water partition coefficient (Wildman–Crippen LogP) is 7.06. The van der Waals surface area contributed by atoms with Crippen LogP contribution in [0, 0.1) is 17.5 Å². The summed E-state index contributed by atoms with van der Waals surface area (Å²) >= 11 is 1.26. The number of rotatable bonds is 10. The zero-order valence-electron chi connectivity index (χ0n) is 23.9. The molecule has 0 aromatic heterocycles. The number of ether oxygens (including phenoxy) is 3. The number of methoxy groups -OCH3 is 3. The van der Waals surface area contributed by atoms with E-state index >= 15 is 8.78 Å². The fourth-order valence-corrected chi connectivity index (χ4v) is 5.89. The fourth-order valence-electron chi connectivity index (χ4n) is 4.75. The summed E-state index contributed by atoms with van der Waals surface area (Å²) in [6.07, 6.45) is 1.78. The second kappa shape index (κ2) is 12.7. The highest BCUT2D eigenvalue weighted by atomic mass is 32.2. The molecule has 0 fully saturated rings. The van der Waals surface area contributed by atoms with Crippen molar-refractivity contribution in [1.82, 2.24) is 5.32 Å². The van der Waals surface area contributed by atoms with Gasteiger partial charge in [-0.2, -0.15) is 0 Å². The highest BCUT2D eigenvalue weighted by Crippen LogP contribution is 2.39. The molecule has 11 heteroatoms. The number of phenols is 1. The van der Waals surface area contributed by atoms with Crippen LogP contribution in [0.1, 0.15) is 5.56 Å². The summed E-state index contributed by atoms with van der Waals surface area (Å²) in [5.41, 5.74) is 1.73. The van der Waals surface area contributed by atoms with Crippen molar-refractivity contribution in [2.75, 3.05) is 38.2 Å². The number of nitrogens with one attached hydrogen (secondary N) is 1. The molecule has 1 atom stereocenters. The van der Waals surface area contributed by atoms with E-state index in [1.54, 1.807) is 50.8 Å². The van der Waals surface area contributed by atoms with Crippen LogP contribution in [0.25, 0.3) is 11.1 Å². The molecule has 4 aromatic rings. The van der Waals surface area contributed by atoms with E-state index in [1.807, 2.05) is 29.0 Å². The fraction of sp³-hybridized carbons (Fsp3) is 0.188. The SMILES string of the molecule is COc1cc(N2C(N(C)c3ccc(OC)c(OC)c3)=CNC2SCc2c(F)cc(-c3ccc(O)cc3)cc2F)ccc1F. The number of aromatic hydroxyl groups is 1. The molecule has 0 bridgehead atoms. The Balaban J connectivity index is 1.44. The van der Waals surface area contributed by atoms with E-state index in [-0.39, 0.29) is 22.8 Å². The van der Waals surface area contributed by atoms with Crippen LogP contribution in [0.2, 0.25) is 0 Å². The van der Waals surface area contributed by atoms with Gasteiger partial charge in [-0.15, -0.1) is 11.8 Å². The van der Waals surface area contributed by atoms with Crippen molar-refractivity contribution in [3.63, 3.8) is 0 Å². The van der Waals surface area contributed by atoms with Gasteiger partial charge in [-0.05, 0) is 59.7 Å². The molecule has 2 N–H and O–H groups in total. The zero-order chi connectivity index (χ0) is 30.7. The molecule has 0 amide bonds. The third-order valence-electron chi connectivity index (χ3n) is 7.07. The van der Waals surface area contributed by atoms with Crippen LogP contribution in [0.3, 0.4) is 0 Å². The van der Waals surface area contributed by atoms with Gasteiger partial charge < -0.3 is 29.5 Å². The summed E-state index contributed by atoms with van der Waals surface area (Å²) < 4.78 is 60.9. The second-order valence-electron chi connectivity index (χ2n) is 9.59. The summed E-state index contributed by atoms with van der Waals surface area (Å²) in [4.78, 5) is 3.79. The standard InChI is InChI=1S/C32H30F3N3O4S/c1-37(21-8-12-28(40-2)30(15-21)42-4)31-17-36-32(38(31)22-7-11-25(33)29(16-22)41-3)43-18-24-26(34)13-20(14-27(24)35)19-5-9-23(39)10-6-19/h5-17,32,36,39H,18H2,1-4H3. The van der Waals surface area contributed by atoms with E-state index in [1.165, 1.54) is 49.2 Å². The van der Waals surface area contributed by atoms with E-state index in [0.29, 0.717) is 34.1 Å². The van der Waals surface area contributed by atoms with Gasteiger partial charge in [0, 0.05) is 48.1 Å². The first-order valence-corrected chi connectivity index (χ1v) is 14.2. The molecule has 7 nitrogen and oxygen atoms in total. The van der Waals surface area contributed by atoms with E-state index in [9.17, 15) is 9.50 Å². The number of hydrogen-bond acceptors (Lipinski definition) is 8. The lowest BCUT2D eigenvalue weighted by Gasteiger charge is -2.33. The molecule has 0 saturated carbocycles. The van der Waals surface area contributed by atoms with Crippen molar-refractivity contribution in [2.24, 2.45) is 0 Å². The number of nitrogens with zero attached hydrogens (tertiary/aromatic N) is 2. The molecule has 4 aromatic carbocycles. The summed E-state index contributed by atoms with van der Waals surface area (Å²) in [5.74, 6) is 0.0484. The molecule has 43 heavy (non-hydrogen) atoms. The Morgan fingerprint density at radius 3 is 2.12 bits per heavy atom. The number of thioether (sulfide) groups is 1. The van der Waals surface area contributed by atoms with Crippen LogP contribution in [0.15, 0.2) is 84.8 Å². The van der Waals surface area contributed by atoms with Crippen molar-refractivity contribution in [2.45, 2.75) is 11.3 Å². The Kier molecular flexibility index (Phi) is 8.81. The van der Waals surface area contributed by atoms with Gasteiger partial charge in [0.15, 0.2) is 28.6 Å². The minimum atomic E-state index is -0.681. The average molecular weight is 610 g/mol. The van der Waals surface area contributed by atoms with Gasteiger partial charge >= 0.3 is 0 Å². The first-order chi connectivity index (χ1) is 20.7.